The molecule has 1 unspecified atom stereocenters. The van der Waals surface area contributed by atoms with Crippen molar-refractivity contribution in [2.24, 2.45) is 0 Å². The van der Waals surface area contributed by atoms with Gasteiger partial charge in [-0.25, -0.2) is 12.8 Å². The number of halogens is 1. The monoisotopic (exact) mass is 399 g/mol. The first kappa shape index (κ1) is 20.2. The first-order valence-corrected chi connectivity index (χ1v) is 10.9. The minimum absolute atomic E-state index is 0.0720. The summed E-state index contributed by atoms with van der Waals surface area (Å²) in [4.78, 5) is 14.5. The predicted molar refractivity (Wildman–Crippen MR) is 99.0 cm³/mol. The van der Waals surface area contributed by atoms with E-state index in [1.165, 1.54) is 10.4 Å². The molecule has 9 heteroatoms. The van der Waals surface area contributed by atoms with Gasteiger partial charge in [-0.1, -0.05) is 18.2 Å². The highest BCUT2D eigenvalue weighted by atomic mass is 32.2. The Balaban J connectivity index is 1.50. The average molecular weight is 399 g/mol. The molecule has 0 spiro atoms. The number of nitrogens with zero attached hydrogens (tertiary/aromatic N) is 2. The van der Waals surface area contributed by atoms with Gasteiger partial charge in [0, 0.05) is 31.7 Å². The summed E-state index contributed by atoms with van der Waals surface area (Å²) in [6, 6.07) is 6.20. The Labute approximate surface area is 159 Å². The van der Waals surface area contributed by atoms with Crippen molar-refractivity contribution >= 4 is 15.9 Å². The number of sulfonamides is 1. The summed E-state index contributed by atoms with van der Waals surface area (Å²) in [5.41, 5.74) is 0.562. The molecule has 2 heterocycles. The van der Waals surface area contributed by atoms with Crippen molar-refractivity contribution in [3.05, 3.63) is 35.6 Å². The van der Waals surface area contributed by atoms with Crippen molar-refractivity contribution in [2.75, 3.05) is 45.1 Å². The molecule has 1 aromatic rings. The van der Waals surface area contributed by atoms with Crippen LogP contribution in [0, 0.1) is 5.82 Å². The van der Waals surface area contributed by atoms with E-state index >= 15 is 0 Å². The van der Waals surface area contributed by atoms with Crippen molar-refractivity contribution in [3.8, 4) is 0 Å². The molecule has 7 nitrogen and oxygen atoms in total. The fraction of sp³-hybridized carbons (Fsp3) is 0.611. The lowest BCUT2D eigenvalue weighted by Gasteiger charge is -2.26. The second-order valence-electron chi connectivity index (χ2n) is 6.84. The third-order valence-electron chi connectivity index (χ3n) is 5.02. The number of hydrogen-bond acceptors (Lipinski definition) is 5. The highest BCUT2D eigenvalue weighted by molar-refractivity contribution is 7.89. The van der Waals surface area contributed by atoms with Gasteiger partial charge in [0.2, 0.25) is 15.9 Å². The van der Waals surface area contributed by atoms with Crippen LogP contribution in [0.3, 0.4) is 0 Å². The average Bonchev–Trinajstić information content (AvgIpc) is 3.12. The summed E-state index contributed by atoms with van der Waals surface area (Å²) in [5.74, 6) is -0.597. The van der Waals surface area contributed by atoms with Crippen molar-refractivity contribution < 1.29 is 22.3 Å². The maximum absolute atomic E-state index is 13.9. The number of morpholine rings is 1. The second kappa shape index (κ2) is 9.09. The maximum Gasteiger partial charge on any atom is 0.237 e. The topological polar surface area (TPSA) is 79.0 Å². The first-order valence-electron chi connectivity index (χ1n) is 9.28. The zero-order valence-corrected chi connectivity index (χ0v) is 16.1. The molecule has 1 N–H and O–H groups in total. The largest absolute Gasteiger partial charge is 0.379 e. The highest BCUT2D eigenvalue weighted by Gasteiger charge is 2.31. The van der Waals surface area contributed by atoms with Crippen LogP contribution in [0.4, 0.5) is 4.39 Å². The summed E-state index contributed by atoms with van der Waals surface area (Å²) in [7, 11) is -3.39. The van der Waals surface area contributed by atoms with E-state index in [0.29, 0.717) is 44.8 Å². The van der Waals surface area contributed by atoms with Gasteiger partial charge in [-0.05, 0) is 25.5 Å². The van der Waals surface area contributed by atoms with Crippen LogP contribution in [-0.4, -0.2) is 74.7 Å². The standard InChI is InChI=1S/C18H26FN3O4S/c19-16-5-2-1-4-15(16)14-21-8-3-6-17(21)18(23)20-7-13-27(24,25)22-9-11-26-12-10-22/h1-2,4-5,17H,3,6-14H2,(H,20,23). The molecule has 2 aliphatic rings. The van der Waals surface area contributed by atoms with Crippen LogP contribution in [-0.2, 0) is 26.1 Å². The van der Waals surface area contributed by atoms with E-state index in [9.17, 15) is 17.6 Å². The number of ether oxygens (including phenoxy) is 1. The van der Waals surface area contributed by atoms with E-state index in [1.54, 1.807) is 18.2 Å². The molecule has 150 valence electrons. The molecule has 3 rings (SSSR count). The van der Waals surface area contributed by atoms with E-state index in [2.05, 4.69) is 5.32 Å². The zero-order valence-electron chi connectivity index (χ0n) is 15.3. The molecule has 0 aliphatic carbocycles. The Kier molecular flexibility index (Phi) is 6.80. The van der Waals surface area contributed by atoms with E-state index in [1.807, 2.05) is 4.90 Å². The summed E-state index contributed by atoms with van der Waals surface area (Å²) in [6.07, 6.45) is 1.55. The lowest BCUT2D eigenvalue weighted by molar-refractivity contribution is -0.125. The van der Waals surface area contributed by atoms with Crippen LogP contribution in [0.2, 0.25) is 0 Å². The molecule has 2 aliphatic heterocycles. The Morgan fingerprint density at radius 3 is 2.70 bits per heavy atom. The van der Waals surface area contributed by atoms with Gasteiger partial charge in [0.15, 0.2) is 0 Å². The van der Waals surface area contributed by atoms with Crippen LogP contribution in [0.5, 0.6) is 0 Å². The van der Waals surface area contributed by atoms with Gasteiger partial charge in [-0.2, -0.15) is 4.31 Å². The maximum atomic E-state index is 13.9. The van der Waals surface area contributed by atoms with Gasteiger partial charge in [0.25, 0.3) is 0 Å². The lowest BCUT2D eigenvalue weighted by Crippen LogP contribution is -2.46. The van der Waals surface area contributed by atoms with Crippen LogP contribution < -0.4 is 5.32 Å². The van der Waals surface area contributed by atoms with E-state index < -0.39 is 10.0 Å². The zero-order chi connectivity index (χ0) is 19.3. The Bertz CT molecular complexity index is 753. The smallest absolute Gasteiger partial charge is 0.237 e. The molecule has 1 aromatic carbocycles. The Hall–Kier alpha value is -1.55. The van der Waals surface area contributed by atoms with Gasteiger partial charge in [0.05, 0.1) is 25.0 Å². The Morgan fingerprint density at radius 2 is 1.96 bits per heavy atom. The third kappa shape index (κ3) is 5.25. The SMILES string of the molecule is O=C(NCCS(=O)(=O)N1CCOCC1)C1CCCN1Cc1ccccc1F. The van der Waals surface area contributed by atoms with Crippen LogP contribution in [0.25, 0.3) is 0 Å². The summed E-state index contributed by atoms with van der Waals surface area (Å²) < 4.78 is 45.0. The van der Waals surface area contributed by atoms with Gasteiger partial charge in [0.1, 0.15) is 5.82 Å². The number of rotatable bonds is 7. The molecule has 1 atom stereocenters. The number of carbonyl (C=O) groups excluding carboxylic acids is 1. The molecule has 0 aromatic heterocycles. The molecule has 2 fully saturated rings. The Morgan fingerprint density at radius 1 is 1.22 bits per heavy atom. The summed E-state index contributed by atoms with van der Waals surface area (Å²) in [5, 5.41) is 2.74. The number of amides is 1. The van der Waals surface area contributed by atoms with Gasteiger partial charge in [-0.3, -0.25) is 9.69 Å². The molecule has 1 amide bonds. The normalized spacial score (nSPS) is 22.0. The minimum atomic E-state index is -3.39. The predicted octanol–water partition coefficient (Wildman–Crippen LogP) is 0.568. The van der Waals surface area contributed by atoms with Gasteiger partial charge >= 0.3 is 0 Å². The molecular formula is C18H26FN3O4S. The molecule has 0 radical (unpaired) electrons. The van der Waals surface area contributed by atoms with E-state index in [0.717, 1.165) is 13.0 Å². The fourth-order valence-electron chi connectivity index (χ4n) is 3.53. The molecular weight excluding hydrogens is 373 g/mol. The van der Waals surface area contributed by atoms with Crippen LogP contribution >= 0.6 is 0 Å². The number of carbonyl (C=O) groups is 1. The second-order valence-corrected chi connectivity index (χ2v) is 8.93. The summed E-state index contributed by atoms with van der Waals surface area (Å²) >= 11 is 0. The summed E-state index contributed by atoms with van der Waals surface area (Å²) in [6.45, 7) is 2.68. The van der Waals surface area contributed by atoms with E-state index in [-0.39, 0.29) is 30.1 Å². The quantitative estimate of drug-likeness (QED) is 0.725. The lowest BCUT2D eigenvalue weighted by atomic mass is 10.1. The number of likely N-dealkylation sites (tertiary alicyclic amines) is 1. The van der Waals surface area contributed by atoms with Gasteiger partial charge < -0.3 is 10.1 Å². The molecule has 0 bridgehead atoms. The fourth-order valence-corrected chi connectivity index (χ4v) is 4.86. The van der Waals surface area contributed by atoms with Crippen molar-refractivity contribution in [1.82, 2.24) is 14.5 Å². The minimum Gasteiger partial charge on any atom is -0.379 e. The van der Waals surface area contributed by atoms with Crippen LogP contribution in [0.1, 0.15) is 18.4 Å². The first-order chi connectivity index (χ1) is 13.0. The third-order valence-corrected chi connectivity index (χ3v) is 6.89. The molecule has 2 saturated heterocycles. The van der Waals surface area contributed by atoms with E-state index in [4.69, 9.17) is 4.74 Å². The number of nitrogens with one attached hydrogen (secondary N) is 1. The van der Waals surface area contributed by atoms with Crippen LogP contribution in [0.15, 0.2) is 24.3 Å². The van der Waals surface area contributed by atoms with Gasteiger partial charge in [-0.15, -0.1) is 0 Å². The van der Waals surface area contributed by atoms with Crippen molar-refractivity contribution in [1.29, 1.82) is 0 Å². The number of benzene rings is 1. The molecule has 27 heavy (non-hydrogen) atoms. The van der Waals surface area contributed by atoms with Crippen molar-refractivity contribution in [2.45, 2.75) is 25.4 Å². The highest BCUT2D eigenvalue weighted by Crippen LogP contribution is 2.21. The number of hydrogen-bond donors (Lipinski definition) is 1. The molecule has 0 saturated carbocycles. The van der Waals surface area contributed by atoms with Crippen molar-refractivity contribution in [3.63, 3.8) is 0 Å².